The number of aromatic carboxylic acids is 1. The number of hydrogen-bond acceptors (Lipinski definition) is 8. The van der Waals surface area contributed by atoms with Gasteiger partial charge in [-0.3, -0.25) is 14.8 Å². The van der Waals surface area contributed by atoms with Gasteiger partial charge in [-0.1, -0.05) is 67.1 Å². The van der Waals surface area contributed by atoms with Crippen LogP contribution in [-0.4, -0.2) is 45.1 Å². The number of benzene rings is 4. The highest BCUT2D eigenvalue weighted by atomic mass is 32.2. The van der Waals surface area contributed by atoms with Crippen molar-refractivity contribution in [3.05, 3.63) is 125 Å². The van der Waals surface area contributed by atoms with Crippen LogP contribution in [0.1, 0.15) is 83.5 Å². The molecule has 0 spiro atoms. The van der Waals surface area contributed by atoms with Crippen LogP contribution in [-0.2, 0) is 32.2 Å². The molecule has 0 aromatic heterocycles. The average molecular weight is 699 g/mol. The zero-order valence-electron chi connectivity index (χ0n) is 27.6. The zero-order valence-corrected chi connectivity index (χ0v) is 28.4. The van der Waals surface area contributed by atoms with E-state index in [0.29, 0.717) is 38.0 Å². The van der Waals surface area contributed by atoms with E-state index in [1.54, 1.807) is 29.4 Å². The van der Waals surface area contributed by atoms with Gasteiger partial charge in [-0.05, 0) is 77.1 Å². The number of aliphatic hydroxyl groups excluding tert-OH is 1. The summed E-state index contributed by atoms with van der Waals surface area (Å²) in [5.41, 5.74) is 7.49. The second-order valence-electron chi connectivity index (χ2n) is 12.2. The van der Waals surface area contributed by atoms with Crippen molar-refractivity contribution >= 4 is 29.5 Å². The van der Waals surface area contributed by atoms with E-state index in [1.807, 2.05) is 72.8 Å². The number of ether oxygens (including phenoxy) is 2. The van der Waals surface area contributed by atoms with Gasteiger partial charge in [0.05, 0.1) is 24.4 Å². The van der Waals surface area contributed by atoms with E-state index in [2.05, 4.69) is 17.4 Å². The molecule has 0 bridgehead atoms. The zero-order chi connectivity index (χ0) is 35.3. The molecular formula is C39H42N2O8S. The molecule has 1 fully saturated rings. The van der Waals surface area contributed by atoms with E-state index in [1.165, 1.54) is 0 Å². The minimum Gasteiger partial charge on any atom is -0.478 e. The van der Waals surface area contributed by atoms with Crippen molar-refractivity contribution in [2.24, 2.45) is 0 Å². The largest absolute Gasteiger partial charge is 0.478 e. The highest BCUT2D eigenvalue weighted by molar-refractivity contribution is 7.99. The Morgan fingerprint density at radius 3 is 2.16 bits per heavy atom. The summed E-state index contributed by atoms with van der Waals surface area (Å²) in [6.45, 7) is 0.357. The lowest BCUT2D eigenvalue weighted by Crippen LogP contribution is -2.31. The SMILES string of the molecule is O=C(CCCCCC(=O)NCc1cccc(-c2cccc(C3OC(CSc4ccc(C(=O)O)cc4)CC(c4ccc(CO)cc4)O3)c2)c1)NO. The number of carboxylic acid groups (broad SMARTS) is 1. The van der Waals surface area contributed by atoms with Crippen LogP contribution in [0.3, 0.4) is 0 Å². The molecule has 3 unspecified atom stereocenters. The van der Waals surface area contributed by atoms with Crippen molar-refractivity contribution in [2.75, 3.05) is 5.75 Å². The van der Waals surface area contributed by atoms with Gasteiger partial charge in [0, 0.05) is 42.0 Å². The summed E-state index contributed by atoms with van der Waals surface area (Å²) in [5, 5.41) is 30.3. The Labute approximate surface area is 295 Å². The normalized spacial score (nSPS) is 17.2. The van der Waals surface area contributed by atoms with Crippen LogP contribution in [0.15, 0.2) is 102 Å². The standard InChI is InChI=1S/C39H42N2O8S/c42-24-26-12-14-28(15-13-26)35-22-33(25-50-34-18-16-29(17-19-34)38(45)46)48-39(49-35)32-9-5-8-31(21-32)30-7-4-6-27(20-30)23-40-36(43)10-2-1-3-11-37(44)41-47/h4-9,12-21,33,35,39,42,47H,1-3,10-11,22-25H2,(H,40,43)(H,41,44)(H,45,46). The molecule has 262 valence electrons. The summed E-state index contributed by atoms with van der Waals surface area (Å²) < 4.78 is 13.1. The van der Waals surface area contributed by atoms with Crippen LogP contribution in [0.5, 0.6) is 0 Å². The number of amides is 2. The third-order valence-corrected chi connectivity index (χ3v) is 9.64. The lowest BCUT2D eigenvalue weighted by molar-refractivity contribution is -0.245. The lowest BCUT2D eigenvalue weighted by Gasteiger charge is -2.36. The van der Waals surface area contributed by atoms with Crippen molar-refractivity contribution in [1.29, 1.82) is 0 Å². The Morgan fingerprint density at radius 1 is 0.760 bits per heavy atom. The minimum atomic E-state index is -0.958. The number of thioether (sulfide) groups is 1. The molecule has 3 atom stereocenters. The molecule has 0 radical (unpaired) electrons. The molecule has 4 aromatic rings. The number of carbonyl (C=O) groups is 3. The first-order valence-electron chi connectivity index (χ1n) is 16.7. The lowest BCUT2D eigenvalue weighted by atomic mass is 9.99. The Balaban J connectivity index is 1.25. The van der Waals surface area contributed by atoms with Crippen LogP contribution in [0.4, 0.5) is 0 Å². The number of unbranched alkanes of at least 4 members (excludes halogenated alkanes) is 2. The van der Waals surface area contributed by atoms with Crippen molar-refractivity contribution in [1.82, 2.24) is 10.8 Å². The molecule has 10 nitrogen and oxygen atoms in total. The predicted molar refractivity (Wildman–Crippen MR) is 189 cm³/mol. The maximum Gasteiger partial charge on any atom is 0.335 e. The maximum absolute atomic E-state index is 12.4. The fourth-order valence-electron chi connectivity index (χ4n) is 5.72. The molecule has 4 aromatic carbocycles. The van der Waals surface area contributed by atoms with Crippen molar-refractivity contribution in [3.8, 4) is 11.1 Å². The summed E-state index contributed by atoms with van der Waals surface area (Å²) in [7, 11) is 0. The topological polar surface area (TPSA) is 154 Å². The molecule has 0 aliphatic carbocycles. The van der Waals surface area contributed by atoms with Gasteiger partial charge in [0.25, 0.3) is 0 Å². The molecule has 5 N–H and O–H groups in total. The fourth-order valence-corrected chi connectivity index (χ4v) is 6.65. The van der Waals surface area contributed by atoms with Gasteiger partial charge in [0.15, 0.2) is 6.29 Å². The number of carbonyl (C=O) groups excluding carboxylic acids is 2. The number of hydrogen-bond donors (Lipinski definition) is 5. The van der Waals surface area contributed by atoms with E-state index >= 15 is 0 Å². The van der Waals surface area contributed by atoms with Crippen LogP contribution in [0.2, 0.25) is 0 Å². The molecule has 0 saturated carbocycles. The molecule has 1 heterocycles. The Bertz CT molecular complexity index is 1730. The third kappa shape index (κ3) is 10.7. The second kappa shape index (κ2) is 18.5. The highest BCUT2D eigenvalue weighted by Crippen LogP contribution is 2.40. The third-order valence-electron chi connectivity index (χ3n) is 8.49. The van der Waals surface area contributed by atoms with Crippen LogP contribution in [0, 0.1) is 0 Å². The molecule has 50 heavy (non-hydrogen) atoms. The monoisotopic (exact) mass is 698 g/mol. The molecule has 1 aliphatic rings. The fraction of sp³-hybridized carbons (Fsp3) is 0.308. The van der Waals surface area contributed by atoms with Crippen molar-refractivity contribution in [2.45, 2.75) is 75.1 Å². The van der Waals surface area contributed by atoms with E-state index in [0.717, 1.165) is 44.7 Å². The van der Waals surface area contributed by atoms with Gasteiger partial charge in [-0.2, -0.15) is 0 Å². The average Bonchev–Trinajstić information content (AvgIpc) is 3.16. The molecule has 1 aliphatic heterocycles. The minimum absolute atomic E-state index is 0.0348. The molecule has 2 amide bonds. The summed E-state index contributed by atoms with van der Waals surface area (Å²) in [4.78, 5) is 35.7. The molecule has 5 rings (SSSR count). The summed E-state index contributed by atoms with van der Waals surface area (Å²) >= 11 is 1.60. The Kier molecular flexibility index (Phi) is 13.6. The Hall–Kier alpha value is -4.52. The van der Waals surface area contributed by atoms with Crippen molar-refractivity contribution in [3.63, 3.8) is 0 Å². The van der Waals surface area contributed by atoms with Crippen molar-refractivity contribution < 1.29 is 39.3 Å². The first-order chi connectivity index (χ1) is 24.3. The Morgan fingerprint density at radius 2 is 1.46 bits per heavy atom. The number of carboxylic acids is 1. The van der Waals surface area contributed by atoms with Gasteiger partial charge in [-0.25, -0.2) is 10.3 Å². The van der Waals surface area contributed by atoms with Crippen LogP contribution >= 0.6 is 11.8 Å². The van der Waals surface area contributed by atoms with Crippen LogP contribution in [0.25, 0.3) is 11.1 Å². The quantitative estimate of drug-likeness (QED) is 0.0362. The first-order valence-corrected chi connectivity index (χ1v) is 17.7. The number of nitrogens with one attached hydrogen (secondary N) is 2. The van der Waals surface area contributed by atoms with Crippen LogP contribution < -0.4 is 10.8 Å². The second-order valence-corrected chi connectivity index (χ2v) is 13.3. The molecule has 11 heteroatoms. The van der Waals surface area contributed by atoms with E-state index in [4.69, 9.17) is 14.7 Å². The number of hydroxylamine groups is 1. The smallest absolute Gasteiger partial charge is 0.335 e. The van der Waals surface area contributed by atoms with Gasteiger partial charge in [-0.15, -0.1) is 11.8 Å². The predicted octanol–water partition coefficient (Wildman–Crippen LogP) is 6.95. The molecule has 1 saturated heterocycles. The van der Waals surface area contributed by atoms with E-state index < -0.39 is 18.2 Å². The van der Waals surface area contributed by atoms with Gasteiger partial charge < -0.3 is 25.0 Å². The molecular weight excluding hydrogens is 657 g/mol. The highest BCUT2D eigenvalue weighted by Gasteiger charge is 2.32. The number of rotatable bonds is 16. The van der Waals surface area contributed by atoms with Gasteiger partial charge in [0.2, 0.25) is 11.8 Å². The summed E-state index contributed by atoms with van der Waals surface area (Å²) in [6, 6.07) is 30.6. The number of aliphatic hydroxyl groups is 1. The maximum atomic E-state index is 12.4. The summed E-state index contributed by atoms with van der Waals surface area (Å²) in [5.74, 6) is -0.789. The first kappa shape index (κ1) is 36.8. The summed E-state index contributed by atoms with van der Waals surface area (Å²) in [6.07, 6.45) is 2.20. The van der Waals surface area contributed by atoms with E-state index in [9.17, 15) is 24.6 Å². The van der Waals surface area contributed by atoms with E-state index in [-0.39, 0.29) is 36.7 Å². The van der Waals surface area contributed by atoms with Gasteiger partial charge in [0.1, 0.15) is 0 Å². The van der Waals surface area contributed by atoms with Gasteiger partial charge >= 0.3 is 5.97 Å².